The first-order chi connectivity index (χ1) is 12.5. The van der Waals surface area contributed by atoms with Crippen molar-refractivity contribution in [2.75, 3.05) is 13.1 Å². The van der Waals surface area contributed by atoms with Crippen LogP contribution in [0, 0.1) is 18.7 Å². The van der Waals surface area contributed by atoms with E-state index >= 15 is 0 Å². The van der Waals surface area contributed by atoms with Gasteiger partial charge in [-0.3, -0.25) is 9.59 Å². The lowest BCUT2D eigenvalue weighted by Crippen LogP contribution is -2.41. The molecule has 1 saturated heterocycles. The Bertz CT molecular complexity index is 851. The van der Waals surface area contributed by atoms with Gasteiger partial charge in [-0.05, 0) is 62.3 Å². The number of halogens is 1. The molecule has 1 amide bonds. The van der Waals surface area contributed by atoms with E-state index in [4.69, 9.17) is 0 Å². The Morgan fingerprint density at radius 1 is 1.15 bits per heavy atom. The van der Waals surface area contributed by atoms with E-state index < -0.39 is 0 Å². The molecule has 1 aliphatic rings. The topological polar surface area (TPSA) is 42.3 Å². The second kappa shape index (κ2) is 7.85. The van der Waals surface area contributed by atoms with Crippen molar-refractivity contribution in [3.05, 3.63) is 69.4 Å². The molecule has 0 spiro atoms. The standard InChI is InChI=1S/C21H25FN2O2/c1-15-7-10-18(20(25)23(15)2)21(26)24-13-11-16(12-14-24)8-9-17-5-3-4-6-19(17)22/h3-7,10,16H,8-9,11-14H2,1-2H3. The minimum atomic E-state index is -0.239. The molecule has 0 unspecified atom stereocenters. The third-order valence-corrected chi connectivity index (χ3v) is 5.47. The molecule has 4 nitrogen and oxygen atoms in total. The van der Waals surface area contributed by atoms with Crippen LogP contribution in [-0.4, -0.2) is 28.5 Å². The van der Waals surface area contributed by atoms with Crippen LogP contribution < -0.4 is 5.56 Å². The number of benzene rings is 1. The molecule has 5 heteroatoms. The fourth-order valence-electron chi connectivity index (χ4n) is 3.55. The van der Waals surface area contributed by atoms with Crippen molar-refractivity contribution in [3.8, 4) is 0 Å². The maximum Gasteiger partial charge on any atom is 0.263 e. The number of pyridine rings is 1. The van der Waals surface area contributed by atoms with Crippen LogP contribution in [0.4, 0.5) is 4.39 Å². The monoisotopic (exact) mass is 356 g/mol. The summed E-state index contributed by atoms with van der Waals surface area (Å²) < 4.78 is 15.2. The smallest absolute Gasteiger partial charge is 0.263 e. The van der Waals surface area contributed by atoms with E-state index in [1.54, 1.807) is 30.1 Å². The van der Waals surface area contributed by atoms with Crippen LogP contribution >= 0.6 is 0 Å². The predicted octanol–water partition coefficient (Wildman–Crippen LogP) is 3.32. The highest BCUT2D eigenvalue weighted by Crippen LogP contribution is 2.24. The van der Waals surface area contributed by atoms with Crippen molar-refractivity contribution in [1.29, 1.82) is 0 Å². The van der Waals surface area contributed by atoms with Gasteiger partial charge in [0.2, 0.25) is 0 Å². The highest BCUT2D eigenvalue weighted by molar-refractivity contribution is 5.93. The molecule has 2 aromatic rings. The van der Waals surface area contributed by atoms with Gasteiger partial charge in [-0.15, -0.1) is 0 Å². The zero-order chi connectivity index (χ0) is 18.7. The fraction of sp³-hybridized carbons (Fsp3) is 0.429. The molecule has 0 saturated carbocycles. The first kappa shape index (κ1) is 18.4. The number of rotatable bonds is 4. The van der Waals surface area contributed by atoms with Gasteiger partial charge in [0, 0.05) is 25.8 Å². The molecule has 138 valence electrons. The van der Waals surface area contributed by atoms with E-state index in [2.05, 4.69) is 0 Å². The van der Waals surface area contributed by atoms with Gasteiger partial charge in [0.25, 0.3) is 11.5 Å². The number of likely N-dealkylation sites (tertiary alicyclic amines) is 1. The Balaban J connectivity index is 1.57. The number of hydrogen-bond donors (Lipinski definition) is 0. The van der Waals surface area contributed by atoms with Gasteiger partial charge >= 0.3 is 0 Å². The van der Waals surface area contributed by atoms with Crippen molar-refractivity contribution >= 4 is 5.91 Å². The second-order valence-corrected chi connectivity index (χ2v) is 7.12. The van der Waals surface area contributed by atoms with Crippen molar-refractivity contribution in [2.45, 2.75) is 32.6 Å². The summed E-state index contributed by atoms with van der Waals surface area (Å²) in [6.45, 7) is 3.15. The summed E-state index contributed by atoms with van der Waals surface area (Å²) in [5.74, 6) is 0.160. The Labute approximate surface area is 153 Å². The number of carbonyl (C=O) groups is 1. The lowest BCUT2D eigenvalue weighted by atomic mass is 9.90. The fourth-order valence-corrected chi connectivity index (χ4v) is 3.55. The molecule has 1 aliphatic heterocycles. The lowest BCUT2D eigenvalue weighted by molar-refractivity contribution is 0.0684. The molecular formula is C21H25FN2O2. The van der Waals surface area contributed by atoms with E-state index in [0.29, 0.717) is 19.0 Å². The minimum Gasteiger partial charge on any atom is -0.338 e. The van der Waals surface area contributed by atoms with E-state index in [9.17, 15) is 14.0 Å². The van der Waals surface area contributed by atoms with Gasteiger partial charge in [-0.1, -0.05) is 18.2 Å². The van der Waals surface area contributed by atoms with Gasteiger partial charge in [-0.25, -0.2) is 4.39 Å². The highest BCUT2D eigenvalue weighted by Gasteiger charge is 2.25. The van der Waals surface area contributed by atoms with Gasteiger partial charge in [0.05, 0.1) is 0 Å². The summed E-state index contributed by atoms with van der Waals surface area (Å²) in [6, 6.07) is 10.3. The van der Waals surface area contributed by atoms with Gasteiger partial charge in [0.15, 0.2) is 0 Å². The van der Waals surface area contributed by atoms with E-state index in [-0.39, 0.29) is 22.8 Å². The summed E-state index contributed by atoms with van der Waals surface area (Å²) in [7, 11) is 1.68. The number of aromatic nitrogens is 1. The van der Waals surface area contributed by atoms with Crippen molar-refractivity contribution in [3.63, 3.8) is 0 Å². The Hall–Kier alpha value is -2.43. The second-order valence-electron chi connectivity index (χ2n) is 7.12. The molecule has 2 heterocycles. The first-order valence-corrected chi connectivity index (χ1v) is 9.16. The largest absolute Gasteiger partial charge is 0.338 e. The minimum absolute atomic E-state index is 0.143. The van der Waals surface area contributed by atoms with Crippen LogP contribution in [0.5, 0.6) is 0 Å². The quantitative estimate of drug-likeness (QED) is 0.843. The zero-order valence-electron chi connectivity index (χ0n) is 15.4. The number of nitrogens with zero attached hydrogens (tertiary/aromatic N) is 2. The van der Waals surface area contributed by atoms with Crippen molar-refractivity contribution in [2.24, 2.45) is 13.0 Å². The first-order valence-electron chi connectivity index (χ1n) is 9.16. The van der Waals surface area contributed by atoms with Crippen LogP contribution in [-0.2, 0) is 13.5 Å². The Morgan fingerprint density at radius 3 is 2.54 bits per heavy atom. The normalized spacial score (nSPS) is 15.3. The van der Waals surface area contributed by atoms with Crippen LogP contribution in [0.2, 0.25) is 0 Å². The number of aryl methyl sites for hydroxylation is 2. The molecule has 0 N–H and O–H groups in total. The van der Waals surface area contributed by atoms with Gasteiger partial charge in [-0.2, -0.15) is 0 Å². The molecule has 0 bridgehead atoms. The highest BCUT2D eigenvalue weighted by atomic mass is 19.1. The zero-order valence-corrected chi connectivity index (χ0v) is 15.4. The number of carbonyl (C=O) groups excluding carboxylic acids is 1. The Morgan fingerprint density at radius 2 is 1.85 bits per heavy atom. The molecule has 0 atom stereocenters. The summed E-state index contributed by atoms with van der Waals surface area (Å²) in [5.41, 5.74) is 1.59. The summed E-state index contributed by atoms with van der Waals surface area (Å²) in [6.07, 6.45) is 3.44. The van der Waals surface area contributed by atoms with E-state index in [0.717, 1.165) is 36.9 Å². The van der Waals surface area contributed by atoms with Crippen molar-refractivity contribution in [1.82, 2.24) is 9.47 Å². The molecule has 1 fully saturated rings. The average molecular weight is 356 g/mol. The van der Waals surface area contributed by atoms with Gasteiger partial charge < -0.3 is 9.47 Å². The SMILES string of the molecule is Cc1ccc(C(=O)N2CCC(CCc3ccccc3F)CC2)c(=O)n1C. The van der Waals surface area contributed by atoms with Crippen LogP contribution in [0.1, 0.15) is 40.9 Å². The van der Waals surface area contributed by atoms with Gasteiger partial charge in [0.1, 0.15) is 11.4 Å². The molecule has 0 radical (unpaired) electrons. The number of piperidine rings is 1. The van der Waals surface area contributed by atoms with E-state index in [1.165, 1.54) is 10.6 Å². The van der Waals surface area contributed by atoms with Crippen LogP contribution in [0.25, 0.3) is 0 Å². The van der Waals surface area contributed by atoms with Crippen LogP contribution in [0.15, 0.2) is 41.2 Å². The summed E-state index contributed by atoms with van der Waals surface area (Å²) in [5, 5.41) is 0. The molecule has 26 heavy (non-hydrogen) atoms. The summed E-state index contributed by atoms with van der Waals surface area (Å²) >= 11 is 0. The molecule has 3 rings (SSSR count). The van der Waals surface area contributed by atoms with E-state index in [1.807, 2.05) is 19.1 Å². The Kier molecular flexibility index (Phi) is 5.55. The number of amides is 1. The maximum atomic E-state index is 13.7. The molecule has 1 aromatic heterocycles. The molecular weight excluding hydrogens is 331 g/mol. The summed E-state index contributed by atoms with van der Waals surface area (Å²) in [4.78, 5) is 26.8. The lowest BCUT2D eigenvalue weighted by Gasteiger charge is -2.32. The molecule has 1 aromatic carbocycles. The molecule has 0 aliphatic carbocycles. The maximum absolute atomic E-state index is 13.7. The average Bonchev–Trinajstić information content (AvgIpc) is 2.65. The third kappa shape index (κ3) is 3.87. The predicted molar refractivity (Wildman–Crippen MR) is 99.8 cm³/mol. The number of hydrogen-bond acceptors (Lipinski definition) is 2. The van der Waals surface area contributed by atoms with Crippen LogP contribution in [0.3, 0.4) is 0 Å². The van der Waals surface area contributed by atoms with Crippen molar-refractivity contribution < 1.29 is 9.18 Å². The third-order valence-electron chi connectivity index (χ3n) is 5.47.